The number of nitrogens with zero attached hydrogens (tertiary/aromatic N) is 3. The Hall–Kier alpha value is -2.54. The summed E-state index contributed by atoms with van der Waals surface area (Å²) in [5.41, 5.74) is 1.38. The third-order valence-corrected chi connectivity index (χ3v) is 5.29. The van der Waals surface area contributed by atoms with Crippen LogP contribution in [0.3, 0.4) is 0 Å². The normalized spacial score (nSPS) is 16.1. The predicted octanol–water partition coefficient (Wildman–Crippen LogP) is 3.94. The maximum Gasteiger partial charge on any atom is 0.410 e. The summed E-state index contributed by atoms with van der Waals surface area (Å²) in [4.78, 5) is 31.3. The van der Waals surface area contributed by atoms with Gasteiger partial charge in [0.25, 0.3) is 5.56 Å². The summed E-state index contributed by atoms with van der Waals surface area (Å²) in [5.74, 6) is 0.115. The standard InChI is InChI=1S/C20H23ClN4O3/c1-20(2,3)28-19(27)24-9-7-12(8-10-24)15-11-16(26)25-18(22-15)17-13(21)5-4-6-14(17)23-25/h4-6,11-12,23H,7-10H2,1-3H3. The van der Waals surface area contributed by atoms with Gasteiger partial charge in [-0.15, -0.1) is 0 Å². The fourth-order valence-electron chi connectivity index (χ4n) is 3.63. The highest BCUT2D eigenvalue weighted by atomic mass is 35.5. The third-order valence-electron chi connectivity index (χ3n) is 4.97. The molecule has 3 heterocycles. The Kier molecular flexibility index (Phi) is 4.57. The minimum atomic E-state index is -0.510. The number of amides is 1. The molecule has 0 aliphatic carbocycles. The van der Waals surface area contributed by atoms with Crippen LogP contribution in [-0.4, -0.2) is 44.3 Å². The van der Waals surface area contributed by atoms with E-state index in [4.69, 9.17) is 21.3 Å². The minimum Gasteiger partial charge on any atom is -0.444 e. The third kappa shape index (κ3) is 3.46. The quantitative estimate of drug-likeness (QED) is 0.668. The van der Waals surface area contributed by atoms with Crippen molar-refractivity contribution in [3.63, 3.8) is 0 Å². The first-order valence-corrected chi connectivity index (χ1v) is 9.78. The van der Waals surface area contributed by atoms with Gasteiger partial charge in [-0.2, -0.15) is 0 Å². The lowest BCUT2D eigenvalue weighted by molar-refractivity contribution is 0.0204. The number of carbonyl (C=O) groups is 1. The van der Waals surface area contributed by atoms with Gasteiger partial charge in [0.1, 0.15) is 5.60 Å². The van der Waals surface area contributed by atoms with Gasteiger partial charge < -0.3 is 9.64 Å². The van der Waals surface area contributed by atoms with Gasteiger partial charge in [0.2, 0.25) is 0 Å². The molecule has 4 rings (SSSR count). The van der Waals surface area contributed by atoms with Crippen LogP contribution in [0.1, 0.15) is 45.2 Å². The zero-order chi connectivity index (χ0) is 20.1. The van der Waals surface area contributed by atoms with E-state index in [9.17, 15) is 9.59 Å². The number of H-pyrrole nitrogens is 1. The number of carbonyl (C=O) groups excluding carboxylic acids is 1. The summed E-state index contributed by atoms with van der Waals surface area (Å²) < 4.78 is 6.87. The second-order valence-electron chi connectivity index (χ2n) is 8.19. The number of ether oxygens (including phenoxy) is 1. The molecule has 3 aromatic rings. The number of aromatic amines is 1. The number of aromatic nitrogens is 3. The molecule has 1 N–H and O–H groups in total. The SMILES string of the molecule is CC(C)(C)OC(=O)N1CCC(c2cc(=O)n3[nH]c4cccc(Cl)c4c3n2)CC1. The fraction of sp³-hybridized carbons (Fsp3) is 0.450. The highest BCUT2D eigenvalue weighted by molar-refractivity contribution is 6.36. The van der Waals surface area contributed by atoms with Crippen LogP contribution >= 0.6 is 11.6 Å². The second kappa shape index (κ2) is 6.81. The molecule has 1 aromatic carbocycles. The Labute approximate surface area is 167 Å². The van der Waals surface area contributed by atoms with Gasteiger partial charge in [-0.25, -0.2) is 14.3 Å². The van der Waals surface area contributed by atoms with Gasteiger partial charge >= 0.3 is 6.09 Å². The fourth-order valence-corrected chi connectivity index (χ4v) is 3.89. The molecule has 0 saturated carbocycles. The van der Waals surface area contributed by atoms with Crippen molar-refractivity contribution in [2.75, 3.05) is 13.1 Å². The average Bonchev–Trinajstić information content (AvgIpc) is 3.01. The van der Waals surface area contributed by atoms with Crippen LogP contribution in [0.2, 0.25) is 5.02 Å². The molecular formula is C20H23ClN4O3. The second-order valence-corrected chi connectivity index (χ2v) is 8.60. The van der Waals surface area contributed by atoms with Crippen molar-refractivity contribution in [3.05, 3.63) is 45.3 Å². The molecule has 0 spiro atoms. The molecule has 1 aliphatic heterocycles. The first-order valence-electron chi connectivity index (χ1n) is 9.41. The summed E-state index contributed by atoms with van der Waals surface area (Å²) in [6.45, 7) is 6.73. The lowest BCUT2D eigenvalue weighted by Gasteiger charge is -2.33. The summed E-state index contributed by atoms with van der Waals surface area (Å²) in [7, 11) is 0. The first kappa shape index (κ1) is 18.8. The Morgan fingerprint density at radius 3 is 2.68 bits per heavy atom. The maximum atomic E-state index is 12.6. The van der Waals surface area contributed by atoms with Gasteiger partial charge in [0, 0.05) is 25.1 Å². The zero-order valence-electron chi connectivity index (χ0n) is 16.2. The van der Waals surface area contributed by atoms with Crippen LogP contribution in [0, 0.1) is 0 Å². The predicted molar refractivity (Wildman–Crippen MR) is 108 cm³/mol. The summed E-state index contributed by atoms with van der Waals surface area (Å²) in [6.07, 6.45) is 1.17. The van der Waals surface area contributed by atoms with Crippen molar-refractivity contribution in [2.24, 2.45) is 0 Å². The lowest BCUT2D eigenvalue weighted by Crippen LogP contribution is -2.41. The van der Waals surface area contributed by atoms with E-state index in [-0.39, 0.29) is 17.6 Å². The van der Waals surface area contributed by atoms with E-state index in [2.05, 4.69) is 5.10 Å². The number of fused-ring (bicyclic) bond motifs is 3. The van der Waals surface area contributed by atoms with Crippen molar-refractivity contribution in [3.8, 4) is 0 Å². The Bertz CT molecular complexity index is 1100. The molecule has 7 nitrogen and oxygen atoms in total. The highest BCUT2D eigenvalue weighted by Gasteiger charge is 2.28. The average molecular weight is 403 g/mol. The molecule has 0 radical (unpaired) electrons. The molecule has 0 atom stereocenters. The molecule has 1 saturated heterocycles. The molecule has 0 bridgehead atoms. The van der Waals surface area contributed by atoms with Crippen molar-refractivity contribution in [1.29, 1.82) is 0 Å². The zero-order valence-corrected chi connectivity index (χ0v) is 16.9. The molecule has 8 heteroatoms. The van der Waals surface area contributed by atoms with Crippen LogP contribution in [0.4, 0.5) is 4.79 Å². The molecule has 148 valence electrons. The maximum absolute atomic E-state index is 12.6. The van der Waals surface area contributed by atoms with Crippen LogP contribution in [0.15, 0.2) is 29.1 Å². The molecule has 1 aliphatic rings. The highest BCUT2D eigenvalue weighted by Crippen LogP contribution is 2.30. The lowest BCUT2D eigenvalue weighted by atomic mass is 9.93. The topological polar surface area (TPSA) is 79.7 Å². The summed E-state index contributed by atoms with van der Waals surface area (Å²) in [5, 5.41) is 4.35. The molecule has 1 fully saturated rings. The van der Waals surface area contributed by atoms with E-state index >= 15 is 0 Å². The van der Waals surface area contributed by atoms with E-state index in [0.29, 0.717) is 23.8 Å². The summed E-state index contributed by atoms with van der Waals surface area (Å²) in [6, 6.07) is 7.06. The number of benzene rings is 1. The number of halogens is 1. The van der Waals surface area contributed by atoms with Crippen molar-refractivity contribution in [1.82, 2.24) is 19.5 Å². The number of hydrogen-bond donors (Lipinski definition) is 1. The number of nitrogens with one attached hydrogen (secondary N) is 1. The largest absolute Gasteiger partial charge is 0.444 e. The molecule has 28 heavy (non-hydrogen) atoms. The number of piperidine rings is 1. The van der Waals surface area contributed by atoms with E-state index < -0.39 is 5.60 Å². The van der Waals surface area contributed by atoms with E-state index in [1.807, 2.05) is 32.9 Å². The Balaban J connectivity index is 1.60. The minimum absolute atomic E-state index is 0.115. The molecule has 0 unspecified atom stereocenters. The Morgan fingerprint density at radius 1 is 1.29 bits per heavy atom. The number of rotatable bonds is 1. The van der Waals surface area contributed by atoms with Gasteiger partial charge in [-0.3, -0.25) is 9.89 Å². The first-order chi connectivity index (χ1) is 13.2. The smallest absolute Gasteiger partial charge is 0.410 e. The molecule has 2 aromatic heterocycles. The molecule has 1 amide bonds. The van der Waals surface area contributed by atoms with Gasteiger partial charge in [0.15, 0.2) is 5.65 Å². The van der Waals surface area contributed by atoms with Gasteiger partial charge in [0.05, 0.1) is 21.6 Å². The van der Waals surface area contributed by atoms with Crippen LogP contribution in [0.5, 0.6) is 0 Å². The Morgan fingerprint density at radius 2 is 2.00 bits per heavy atom. The van der Waals surface area contributed by atoms with E-state index in [0.717, 1.165) is 29.4 Å². The van der Waals surface area contributed by atoms with Crippen LogP contribution < -0.4 is 5.56 Å². The van der Waals surface area contributed by atoms with Gasteiger partial charge in [-0.1, -0.05) is 17.7 Å². The number of likely N-dealkylation sites (tertiary alicyclic amines) is 1. The molecular weight excluding hydrogens is 380 g/mol. The van der Waals surface area contributed by atoms with Crippen molar-refractivity contribution in [2.45, 2.75) is 45.1 Å². The van der Waals surface area contributed by atoms with Gasteiger partial charge in [-0.05, 0) is 45.7 Å². The van der Waals surface area contributed by atoms with Crippen molar-refractivity contribution < 1.29 is 9.53 Å². The van der Waals surface area contributed by atoms with Crippen LogP contribution in [0.25, 0.3) is 16.6 Å². The van der Waals surface area contributed by atoms with E-state index in [1.54, 1.807) is 17.0 Å². The van der Waals surface area contributed by atoms with E-state index in [1.165, 1.54) is 4.52 Å². The van der Waals surface area contributed by atoms with Crippen molar-refractivity contribution >= 4 is 34.2 Å². The summed E-state index contributed by atoms with van der Waals surface area (Å²) >= 11 is 6.34. The number of hydrogen-bond acceptors (Lipinski definition) is 4. The monoisotopic (exact) mass is 402 g/mol. The van der Waals surface area contributed by atoms with Crippen LogP contribution in [-0.2, 0) is 4.74 Å².